The largest absolute Gasteiger partial charge is 0.481 e. The molecule has 2 unspecified atom stereocenters. The lowest BCUT2D eigenvalue weighted by Crippen LogP contribution is -2.29. The van der Waals surface area contributed by atoms with Gasteiger partial charge in [-0.15, -0.1) is 11.3 Å². The van der Waals surface area contributed by atoms with Crippen molar-refractivity contribution in [2.45, 2.75) is 18.1 Å². The molecule has 1 aliphatic heterocycles. The van der Waals surface area contributed by atoms with Crippen molar-refractivity contribution in [3.63, 3.8) is 0 Å². The van der Waals surface area contributed by atoms with Gasteiger partial charge < -0.3 is 5.11 Å². The van der Waals surface area contributed by atoms with Gasteiger partial charge in [-0.05, 0) is 24.5 Å². The molecule has 0 aromatic carbocycles. The van der Waals surface area contributed by atoms with Crippen LogP contribution in [0.15, 0.2) is 10.3 Å². The number of halogens is 1. The summed E-state index contributed by atoms with van der Waals surface area (Å²) < 4.78 is 26.7. The molecule has 19 heavy (non-hydrogen) atoms. The lowest BCUT2D eigenvalue weighted by atomic mass is 9.99. The van der Waals surface area contributed by atoms with Gasteiger partial charge in [0.25, 0.3) is 10.0 Å². The maximum atomic E-state index is 12.4. The van der Waals surface area contributed by atoms with E-state index in [9.17, 15) is 13.2 Å². The Morgan fingerprint density at radius 1 is 1.53 bits per heavy atom. The number of carbonyl (C=O) groups is 1. The first-order valence-corrected chi connectivity index (χ1v) is 8.36. The van der Waals surface area contributed by atoms with Crippen LogP contribution in [-0.2, 0) is 14.8 Å². The Labute approximate surface area is 120 Å². The third-order valence-electron chi connectivity index (χ3n) is 3.32. The number of aliphatic carboxylic acids is 1. The Kier molecular flexibility index (Phi) is 3.92. The molecule has 1 saturated heterocycles. The number of carboxylic acid groups (broad SMARTS) is 1. The summed E-state index contributed by atoms with van der Waals surface area (Å²) in [7, 11) is -3.64. The molecular weight excluding hydrogens is 310 g/mol. The van der Waals surface area contributed by atoms with Crippen LogP contribution in [0.5, 0.6) is 0 Å². The van der Waals surface area contributed by atoms with Crippen molar-refractivity contribution in [1.29, 1.82) is 0 Å². The lowest BCUT2D eigenvalue weighted by molar-refractivity contribution is -0.142. The van der Waals surface area contributed by atoms with Crippen LogP contribution in [0.2, 0.25) is 4.34 Å². The number of hydrogen-bond acceptors (Lipinski definition) is 4. The van der Waals surface area contributed by atoms with Gasteiger partial charge >= 0.3 is 5.97 Å². The summed E-state index contributed by atoms with van der Waals surface area (Å²) in [6.45, 7) is 3.74. The monoisotopic (exact) mass is 323 g/mol. The molecule has 106 valence electrons. The van der Waals surface area contributed by atoms with Crippen molar-refractivity contribution in [2.24, 2.45) is 11.8 Å². The molecule has 0 amide bonds. The number of aryl methyl sites for hydroxylation is 1. The number of nitrogens with zero attached hydrogens (tertiary/aromatic N) is 1. The molecule has 1 aromatic heterocycles. The lowest BCUT2D eigenvalue weighted by Gasteiger charge is -2.14. The number of hydrogen-bond donors (Lipinski definition) is 1. The number of sulfonamides is 1. The molecule has 1 aromatic rings. The molecule has 1 N–H and O–H groups in total. The van der Waals surface area contributed by atoms with Crippen molar-refractivity contribution < 1.29 is 18.3 Å². The zero-order valence-electron chi connectivity index (χ0n) is 10.5. The number of rotatable bonds is 3. The normalized spacial score (nSPS) is 24.8. The van der Waals surface area contributed by atoms with Crippen LogP contribution in [0.4, 0.5) is 0 Å². The minimum Gasteiger partial charge on any atom is -0.481 e. The van der Waals surface area contributed by atoms with Crippen LogP contribution in [0.25, 0.3) is 0 Å². The number of thiophene rings is 1. The summed E-state index contributed by atoms with van der Waals surface area (Å²) in [5.74, 6) is -1.79. The third kappa shape index (κ3) is 2.65. The van der Waals surface area contributed by atoms with E-state index in [-0.39, 0.29) is 23.2 Å². The molecule has 2 atom stereocenters. The highest BCUT2D eigenvalue weighted by Gasteiger charge is 2.41. The number of carboxylic acids is 1. The second-order valence-corrected chi connectivity index (χ2v) is 8.59. The maximum Gasteiger partial charge on any atom is 0.308 e. The van der Waals surface area contributed by atoms with Crippen molar-refractivity contribution in [1.82, 2.24) is 4.31 Å². The molecule has 2 rings (SSSR count). The second kappa shape index (κ2) is 5.05. The van der Waals surface area contributed by atoms with Gasteiger partial charge in [-0.25, -0.2) is 8.42 Å². The SMILES string of the molecule is Cc1cc(S(=O)(=O)N2CC(C)C(C(=O)O)C2)sc1Cl. The maximum absolute atomic E-state index is 12.4. The molecule has 1 fully saturated rings. The highest BCUT2D eigenvalue weighted by molar-refractivity contribution is 7.91. The average molecular weight is 324 g/mol. The fraction of sp³-hybridized carbons (Fsp3) is 0.545. The smallest absolute Gasteiger partial charge is 0.308 e. The minimum absolute atomic E-state index is 0.0212. The van der Waals surface area contributed by atoms with Gasteiger partial charge in [-0.1, -0.05) is 18.5 Å². The van der Waals surface area contributed by atoms with E-state index >= 15 is 0 Å². The Morgan fingerprint density at radius 3 is 2.58 bits per heavy atom. The van der Waals surface area contributed by atoms with E-state index in [1.807, 2.05) is 0 Å². The zero-order valence-corrected chi connectivity index (χ0v) is 12.8. The van der Waals surface area contributed by atoms with Crippen LogP contribution in [0, 0.1) is 18.8 Å². The minimum atomic E-state index is -3.64. The van der Waals surface area contributed by atoms with Crippen molar-refractivity contribution in [3.05, 3.63) is 16.0 Å². The molecular formula is C11H14ClNO4S2. The van der Waals surface area contributed by atoms with Gasteiger partial charge in [-0.3, -0.25) is 4.79 Å². The first kappa shape index (κ1) is 14.8. The van der Waals surface area contributed by atoms with Gasteiger partial charge in [0.05, 0.1) is 10.3 Å². The second-order valence-electron chi connectivity index (χ2n) is 4.77. The topological polar surface area (TPSA) is 74.7 Å². The summed E-state index contributed by atoms with van der Waals surface area (Å²) in [5.41, 5.74) is 0.715. The van der Waals surface area contributed by atoms with Gasteiger partial charge in [0, 0.05) is 13.1 Å². The van der Waals surface area contributed by atoms with E-state index in [0.29, 0.717) is 9.90 Å². The Morgan fingerprint density at radius 2 is 2.16 bits per heavy atom. The molecule has 1 aliphatic rings. The molecule has 0 bridgehead atoms. The molecule has 0 spiro atoms. The zero-order chi connectivity index (χ0) is 14.4. The highest BCUT2D eigenvalue weighted by Crippen LogP contribution is 2.35. The van der Waals surface area contributed by atoms with E-state index in [1.54, 1.807) is 13.8 Å². The quantitative estimate of drug-likeness (QED) is 0.923. The first-order valence-electron chi connectivity index (χ1n) is 5.72. The van der Waals surface area contributed by atoms with Crippen LogP contribution >= 0.6 is 22.9 Å². The first-order chi connectivity index (χ1) is 8.73. The Hall–Kier alpha value is -0.630. The molecule has 2 heterocycles. The van der Waals surface area contributed by atoms with E-state index in [2.05, 4.69) is 0 Å². The summed E-state index contributed by atoms with van der Waals surface area (Å²) in [6, 6.07) is 1.53. The van der Waals surface area contributed by atoms with E-state index in [1.165, 1.54) is 10.4 Å². The Bertz CT molecular complexity index is 591. The molecule has 5 nitrogen and oxygen atoms in total. The Balaban J connectivity index is 2.29. The predicted octanol–water partition coefficient (Wildman–Crippen LogP) is 2.05. The van der Waals surface area contributed by atoms with E-state index in [0.717, 1.165) is 11.3 Å². The van der Waals surface area contributed by atoms with Gasteiger partial charge in [0.2, 0.25) is 0 Å². The molecule has 0 saturated carbocycles. The van der Waals surface area contributed by atoms with Gasteiger partial charge in [0.15, 0.2) is 0 Å². The van der Waals surface area contributed by atoms with Crippen molar-refractivity contribution >= 4 is 38.9 Å². The summed E-state index contributed by atoms with van der Waals surface area (Å²) in [6.07, 6.45) is 0. The molecule has 0 aliphatic carbocycles. The van der Waals surface area contributed by atoms with E-state index in [4.69, 9.17) is 16.7 Å². The van der Waals surface area contributed by atoms with Crippen LogP contribution in [-0.4, -0.2) is 36.9 Å². The molecule has 8 heteroatoms. The fourth-order valence-corrected chi connectivity index (χ4v) is 5.56. The average Bonchev–Trinajstić information content (AvgIpc) is 2.84. The van der Waals surface area contributed by atoms with Crippen LogP contribution < -0.4 is 0 Å². The van der Waals surface area contributed by atoms with E-state index < -0.39 is 21.9 Å². The molecule has 0 radical (unpaired) electrons. The van der Waals surface area contributed by atoms with Crippen molar-refractivity contribution in [2.75, 3.05) is 13.1 Å². The van der Waals surface area contributed by atoms with Crippen molar-refractivity contribution in [3.8, 4) is 0 Å². The highest BCUT2D eigenvalue weighted by atomic mass is 35.5. The summed E-state index contributed by atoms with van der Waals surface area (Å²) >= 11 is 6.90. The standard InChI is InChI=1S/C11H14ClNO4S2/c1-6-3-9(18-10(6)12)19(16,17)13-4-7(2)8(5-13)11(14)15/h3,7-8H,4-5H2,1-2H3,(H,14,15). The summed E-state index contributed by atoms with van der Waals surface area (Å²) in [4.78, 5) is 11.0. The predicted molar refractivity (Wildman–Crippen MR) is 73.1 cm³/mol. The fourth-order valence-electron chi connectivity index (χ4n) is 2.13. The summed E-state index contributed by atoms with van der Waals surface area (Å²) in [5, 5.41) is 9.05. The van der Waals surface area contributed by atoms with Crippen LogP contribution in [0.1, 0.15) is 12.5 Å². The van der Waals surface area contributed by atoms with Crippen LogP contribution in [0.3, 0.4) is 0 Å². The van der Waals surface area contributed by atoms with Gasteiger partial charge in [0.1, 0.15) is 4.21 Å². The third-order valence-corrected chi connectivity index (χ3v) is 7.16. The van der Waals surface area contributed by atoms with Gasteiger partial charge in [-0.2, -0.15) is 4.31 Å².